The molecule has 158 valence electrons. The Balaban J connectivity index is 1.88. The summed E-state index contributed by atoms with van der Waals surface area (Å²) in [5.74, 6) is 0.514. The van der Waals surface area contributed by atoms with Gasteiger partial charge in [-0.05, 0) is 48.0 Å². The molecule has 0 aliphatic heterocycles. The molecule has 7 heteroatoms. The van der Waals surface area contributed by atoms with Crippen LogP contribution >= 0.6 is 0 Å². The molecule has 2 aromatic heterocycles. The molecule has 0 saturated heterocycles. The fourth-order valence-corrected chi connectivity index (χ4v) is 3.20. The zero-order valence-corrected chi connectivity index (χ0v) is 17.7. The number of carbonyl (C=O) groups is 2. The van der Waals surface area contributed by atoms with Crippen LogP contribution in [0.2, 0.25) is 0 Å². The van der Waals surface area contributed by atoms with Crippen molar-refractivity contribution < 1.29 is 18.4 Å². The molecular weight excluding hydrogens is 382 g/mol. The van der Waals surface area contributed by atoms with E-state index in [1.54, 1.807) is 23.3 Å². The van der Waals surface area contributed by atoms with Gasteiger partial charge in [0.15, 0.2) is 5.76 Å². The van der Waals surface area contributed by atoms with E-state index in [0.29, 0.717) is 18.8 Å². The quantitative estimate of drug-likeness (QED) is 0.597. The van der Waals surface area contributed by atoms with Crippen LogP contribution in [0.3, 0.4) is 0 Å². The molecule has 1 N–H and O–H groups in total. The minimum Gasteiger partial charge on any atom is -0.467 e. The lowest BCUT2D eigenvalue weighted by Gasteiger charge is -2.27. The van der Waals surface area contributed by atoms with E-state index in [0.717, 1.165) is 17.0 Å². The van der Waals surface area contributed by atoms with Crippen LogP contribution < -0.4 is 10.2 Å². The van der Waals surface area contributed by atoms with E-state index < -0.39 is 0 Å². The SMILES string of the molecule is CC(C)C(=O)N(Cc1ccco1)Cc1cc(NC(=O)c2ccco2)ccc1N(C)C. The molecule has 7 nitrogen and oxygen atoms in total. The highest BCUT2D eigenvalue weighted by Gasteiger charge is 2.21. The van der Waals surface area contributed by atoms with E-state index in [9.17, 15) is 9.59 Å². The summed E-state index contributed by atoms with van der Waals surface area (Å²) in [5.41, 5.74) is 2.51. The number of nitrogens with zero attached hydrogens (tertiary/aromatic N) is 2. The first-order valence-electron chi connectivity index (χ1n) is 9.81. The van der Waals surface area contributed by atoms with Gasteiger partial charge in [0, 0.05) is 37.9 Å². The number of hydrogen-bond donors (Lipinski definition) is 1. The fourth-order valence-electron chi connectivity index (χ4n) is 3.20. The maximum absolute atomic E-state index is 12.9. The molecule has 0 spiro atoms. The number of rotatable bonds is 8. The van der Waals surface area contributed by atoms with Crippen LogP contribution in [0.25, 0.3) is 0 Å². The molecule has 3 aromatic rings. The summed E-state index contributed by atoms with van der Waals surface area (Å²) in [5, 5.41) is 2.85. The second-order valence-electron chi connectivity index (χ2n) is 7.60. The van der Waals surface area contributed by atoms with Crippen LogP contribution in [0, 0.1) is 5.92 Å². The molecule has 0 bridgehead atoms. The van der Waals surface area contributed by atoms with Gasteiger partial charge < -0.3 is 24.0 Å². The topological polar surface area (TPSA) is 78.9 Å². The van der Waals surface area contributed by atoms with Crippen LogP contribution in [0.5, 0.6) is 0 Å². The van der Waals surface area contributed by atoms with Crippen molar-refractivity contribution in [1.82, 2.24) is 4.90 Å². The predicted molar refractivity (Wildman–Crippen MR) is 115 cm³/mol. The third-order valence-corrected chi connectivity index (χ3v) is 4.66. The third-order valence-electron chi connectivity index (χ3n) is 4.66. The Morgan fingerprint density at radius 1 is 1.00 bits per heavy atom. The lowest BCUT2D eigenvalue weighted by atomic mass is 10.1. The van der Waals surface area contributed by atoms with Gasteiger partial charge in [-0.15, -0.1) is 0 Å². The second kappa shape index (κ2) is 9.35. The second-order valence-corrected chi connectivity index (χ2v) is 7.60. The Morgan fingerprint density at radius 3 is 2.33 bits per heavy atom. The van der Waals surface area contributed by atoms with E-state index in [4.69, 9.17) is 8.83 Å². The van der Waals surface area contributed by atoms with Gasteiger partial charge in [0.2, 0.25) is 5.91 Å². The Morgan fingerprint density at radius 2 is 1.73 bits per heavy atom. The Labute approximate surface area is 176 Å². The summed E-state index contributed by atoms with van der Waals surface area (Å²) < 4.78 is 10.6. The number of hydrogen-bond acceptors (Lipinski definition) is 5. The van der Waals surface area contributed by atoms with Crippen molar-refractivity contribution in [2.24, 2.45) is 5.92 Å². The van der Waals surface area contributed by atoms with Crippen LogP contribution in [0.1, 0.15) is 35.7 Å². The Kier molecular flexibility index (Phi) is 6.61. The molecule has 0 aliphatic rings. The zero-order chi connectivity index (χ0) is 21.7. The van der Waals surface area contributed by atoms with E-state index in [1.165, 1.54) is 6.26 Å². The molecule has 0 saturated carbocycles. The predicted octanol–water partition coefficient (Wildman–Crippen LogP) is 4.38. The highest BCUT2D eigenvalue weighted by Crippen LogP contribution is 2.26. The number of anilines is 2. The van der Waals surface area contributed by atoms with Gasteiger partial charge in [-0.2, -0.15) is 0 Å². The molecule has 0 aliphatic carbocycles. The molecule has 0 atom stereocenters. The van der Waals surface area contributed by atoms with Crippen molar-refractivity contribution in [2.45, 2.75) is 26.9 Å². The highest BCUT2D eigenvalue weighted by molar-refractivity contribution is 6.02. The van der Waals surface area contributed by atoms with E-state index >= 15 is 0 Å². The molecule has 30 heavy (non-hydrogen) atoms. The van der Waals surface area contributed by atoms with Crippen molar-refractivity contribution in [3.05, 3.63) is 72.1 Å². The summed E-state index contributed by atoms with van der Waals surface area (Å²) in [6.45, 7) is 4.52. The summed E-state index contributed by atoms with van der Waals surface area (Å²) in [7, 11) is 3.89. The van der Waals surface area contributed by atoms with Crippen molar-refractivity contribution in [2.75, 3.05) is 24.3 Å². The number of furan rings is 2. The molecule has 0 radical (unpaired) electrons. The summed E-state index contributed by atoms with van der Waals surface area (Å²) in [6, 6.07) is 12.6. The van der Waals surface area contributed by atoms with E-state index in [1.807, 2.05) is 63.2 Å². The van der Waals surface area contributed by atoms with Crippen LogP contribution in [0.15, 0.2) is 63.8 Å². The third kappa shape index (κ3) is 5.11. The zero-order valence-electron chi connectivity index (χ0n) is 17.7. The standard InChI is InChI=1S/C23H27N3O4/c1-16(2)23(28)26(15-19-7-5-11-29-19)14-17-13-18(9-10-20(17)25(3)4)24-22(27)21-8-6-12-30-21/h5-13,16H,14-15H2,1-4H3,(H,24,27). The van der Waals surface area contributed by atoms with Crippen molar-refractivity contribution >= 4 is 23.2 Å². The smallest absolute Gasteiger partial charge is 0.291 e. The molecular formula is C23H27N3O4. The molecule has 1 aromatic carbocycles. The summed E-state index contributed by atoms with van der Waals surface area (Å²) in [4.78, 5) is 29.0. The highest BCUT2D eigenvalue weighted by atomic mass is 16.3. The van der Waals surface area contributed by atoms with Crippen LogP contribution in [-0.2, 0) is 17.9 Å². The number of amides is 2. The number of carbonyl (C=O) groups excluding carboxylic acids is 2. The average Bonchev–Trinajstić information content (AvgIpc) is 3.41. The molecule has 0 fully saturated rings. The summed E-state index contributed by atoms with van der Waals surface area (Å²) in [6.07, 6.45) is 3.06. The van der Waals surface area contributed by atoms with E-state index in [-0.39, 0.29) is 23.5 Å². The fraction of sp³-hybridized carbons (Fsp3) is 0.304. The molecule has 0 unspecified atom stereocenters. The lowest BCUT2D eigenvalue weighted by molar-refractivity contribution is -0.136. The van der Waals surface area contributed by atoms with Gasteiger partial charge in [-0.25, -0.2) is 0 Å². The first-order valence-corrected chi connectivity index (χ1v) is 9.81. The summed E-state index contributed by atoms with van der Waals surface area (Å²) >= 11 is 0. The first-order chi connectivity index (χ1) is 14.3. The molecule has 3 rings (SSSR count). The average molecular weight is 409 g/mol. The lowest BCUT2D eigenvalue weighted by Crippen LogP contribution is -2.33. The maximum Gasteiger partial charge on any atom is 0.291 e. The largest absolute Gasteiger partial charge is 0.467 e. The molecule has 2 heterocycles. The normalized spacial score (nSPS) is 10.8. The molecule has 2 amide bonds. The Bertz CT molecular complexity index is 976. The van der Waals surface area contributed by atoms with Crippen molar-refractivity contribution in [1.29, 1.82) is 0 Å². The van der Waals surface area contributed by atoms with Crippen molar-refractivity contribution in [3.8, 4) is 0 Å². The van der Waals surface area contributed by atoms with Crippen LogP contribution in [-0.4, -0.2) is 30.8 Å². The minimum atomic E-state index is -0.325. The minimum absolute atomic E-state index is 0.0288. The van der Waals surface area contributed by atoms with Gasteiger partial charge in [0.1, 0.15) is 5.76 Å². The van der Waals surface area contributed by atoms with Gasteiger partial charge >= 0.3 is 0 Å². The van der Waals surface area contributed by atoms with Crippen LogP contribution in [0.4, 0.5) is 11.4 Å². The number of nitrogens with one attached hydrogen (secondary N) is 1. The Hall–Kier alpha value is -3.48. The van der Waals surface area contributed by atoms with Gasteiger partial charge in [-0.1, -0.05) is 13.8 Å². The van der Waals surface area contributed by atoms with Gasteiger partial charge in [-0.3, -0.25) is 9.59 Å². The van der Waals surface area contributed by atoms with Gasteiger partial charge in [0.05, 0.1) is 19.1 Å². The number of benzene rings is 1. The monoisotopic (exact) mass is 409 g/mol. The first kappa shape index (κ1) is 21.2. The van der Waals surface area contributed by atoms with Gasteiger partial charge in [0.25, 0.3) is 5.91 Å². The van der Waals surface area contributed by atoms with E-state index in [2.05, 4.69) is 5.32 Å². The maximum atomic E-state index is 12.9. The van der Waals surface area contributed by atoms with Crippen molar-refractivity contribution in [3.63, 3.8) is 0 Å².